The van der Waals surface area contributed by atoms with Crippen molar-refractivity contribution in [2.75, 3.05) is 26.7 Å². The lowest BCUT2D eigenvalue weighted by molar-refractivity contribution is 0.203. The van der Waals surface area contributed by atoms with Gasteiger partial charge in [-0.2, -0.15) is 0 Å². The lowest BCUT2D eigenvalue weighted by Gasteiger charge is -2.28. The van der Waals surface area contributed by atoms with Crippen LogP contribution in [0.5, 0.6) is 5.75 Å². The number of methoxy groups -OCH3 is 1. The predicted octanol–water partition coefficient (Wildman–Crippen LogP) is 3.56. The lowest BCUT2D eigenvalue weighted by atomic mass is 10.1. The van der Waals surface area contributed by atoms with Gasteiger partial charge in [-0.1, -0.05) is 6.92 Å². The Balaban J connectivity index is 1.67. The van der Waals surface area contributed by atoms with Crippen LogP contribution in [0.25, 0.3) is 0 Å². The van der Waals surface area contributed by atoms with Gasteiger partial charge in [0.2, 0.25) is 0 Å². The topological polar surface area (TPSA) is 50.5 Å². The molecule has 0 aliphatic carbocycles. The summed E-state index contributed by atoms with van der Waals surface area (Å²) >= 11 is 0. The van der Waals surface area contributed by atoms with Crippen molar-refractivity contribution in [1.82, 2.24) is 15.2 Å². The van der Waals surface area contributed by atoms with Crippen molar-refractivity contribution in [2.24, 2.45) is 0 Å². The fraction of sp³-hybridized carbons (Fsp3) is 0.526. The highest BCUT2D eigenvalue weighted by Crippen LogP contribution is 2.26. The van der Waals surface area contributed by atoms with Gasteiger partial charge < -0.3 is 14.5 Å². The predicted molar refractivity (Wildman–Crippen MR) is 94.1 cm³/mol. The molecule has 3 rings (SSSR count). The molecule has 1 N–H and O–H groups in total. The van der Waals surface area contributed by atoms with Crippen molar-refractivity contribution in [3.8, 4) is 5.75 Å². The molecule has 24 heavy (non-hydrogen) atoms. The average Bonchev–Trinajstić information content (AvgIpc) is 3.33. The summed E-state index contributed by atoms with van der Waals surface area (Å²) in [5.74, 6) is 1.83. The summed E-state index contributed by atoms with van der Waals surface area (Å²) in [7, 11) is 1.66. The Hall–Kier alpha value is -1.85. The van der Waals surface area contributed by atoms with Crippen LogP contribution in [0.1, 0.15) is 49.7 Å². The van der Waals surface area contributed by atoms with E-state index in [-0.39, 0.29) is 12.1 Å². The highest BCUT2D eigenvalue weighted by molar-refractivity contribution is 5.21. The smallest absolute Gasteiger partial charge is 0.137 e. The number of furan rings is 1. The van der Waals surface area contributed by atoms with Crippen LogP contribution in [0.2, 0.25) is 0 Å². The average molecular weight is 329 g/mol. The number of ether oxygens (including phenoxy) is 1. The first-order chi connectivity index (χ1) is 11.8. The van der Waals surface area contributed by atoms with Crippen molar-refractivity contribution in [2.45, 2.75) is 38.3 Å². The van der Waals surface area contributed by atoms with E-state index in [2.05, 4.69) is 28.2 Å². The molecule has 0 saturated carbocycles. The minimum atomic E-state index is 0.232. The zero-order valence-electron chi connectivity index (χ0n) is 14.6. The number of hydrogen-bond acceptors (Lipinski definition) is 5. The number of pyridine rings is 1. The summed E-state index contributed by atoms with van der Waals surface area (Å²) in [6.07, 6.45) is 7.08. The Kier molecular flexibility index (Phi) is 5.88. The van der Waals surface area contributed by atoms with Gasteiger partial charge >= 0.3 is 0 Å². The quantitative estimate of drug-likeness (QED) is 0.802. The van der Waals surface area contributed by atoms with E-state index < -0.39 is 0 Å². The van der Waals surface area contributed by atoms with Gasteiger partial charge in [0.15, 0.2) is 0 Å². The molecule has 2 aromatic heterocycles. The molecule has 1 aliphatic rings. The van der Waals surface area contributed by atoms with Crippen LogP contribution in [-0.4, -0.2) is 36.6 Å². The number of likely N-dealkylation sites (tertiary alicyclic amines) is 1. The zero-order chi connectivity index (χ0) is 16.8. The molecule has 0 amide bonds. The second-order valence-corrected chi connectivity index (χ2v) is 6.27. The zero-order valence-corrected chi connectivity index (χ0v) is 14.6. The number of nitrogens with one attached hydrogen (secondary N) is 1. The molecule has 5 heteroatoms. The van der Waals surface area contributed by atoms with Crippen molar-refractivity contribution in [3.05, 3.63) is 48.2 Å². The van der Waals surface area contributed by atoms with Crippen molar-refractivity contribution in [3.63, 3.8) is 0 Å². The maximum absolute atomic E-state index is 5.70. The Morgan fingerprint density at radius 1 is 1.29 bits per heavy atom. The molecule has 130 valence electrons. The summed E-state index contributed by atoms with van der Waals surface area (Å²) in [6.45, 7) is 5.33. The molecule has 2 aromatic rings. The monoisotopic (exact) mass is 329 g/mol. The van der Waals surface area contributed by atoms with Gasteiger partial charge in [-0.25, -0.2) is 0 Å². The van der Waals surface area contributed by atoms with Gasteiger partial charge in [-0.15, -0.1) is 0 Å². The molecule has 0 radical (unpaired) electrons. The first kappa shape index (κ1) is 17.0. The molecule has 2 unspecified atom stereocenters. The molecular formula is C19H27N3O2. The minimum absolute atomic E-state index is 0.232. The fourth-order valence-electron chi connectivity index (χ4n) is 3.37. The maximum Gasteiger partial charge on any atom is 0.137 e. The summed E-state index contributed by atoms with van der Waals surface area (Å²) in [5.41, 5.74) is 1.05. The number of aromatic nitrogens is 1. The summed E-state index contributed by atoms with van der Waals surface area (Å²) in [6, 6.07) is 8.58. The number of nitrogens with zero attached hydrogens (tertiary/aromatic N) is 2. The van der Waals surface area contributed by atoms with E-state index in [9.17, 15) is 0 Å². The summed E-state index contributed by atoms with van der Waals surface area (Å²) in [4.78, 5) is 7.05. The highest BCUT2D eigenvalue weighted by Gasteiger charge is 2.26. The first-order valence-electron chi connectivity index (χ1n) is 8.82. The van der Waals surface area contributed by atoms with Crippen LogP contribution in [0, 0.1) is 0 Å². The molecule has 1 aliphatic heterocycles. The first-order valence-corrected chi connectivity index (χ1v) is 8.82. The fourth-order valence-corrected chi connectivity index (χ4v) is 3.37. The SMILES string of the molecule is CCC(NCC(c1ccco1)N1CCCC1)c1ccc(OC)cn1. The van der Waals surface area contributed by atoms with Crippen LogP contribution in [0.4, 0.5) is 0 Å². The minimum Gasteiger partial charge on any atom is -0.495 e. The van der Waals surface area contributed by atoms with Gasteiger partial charge in [0, 0.05) is 12.6 Å². The molecule has 1 saturated heterocycles. The summed E-state index contributed by atoms with van der Waals surface area (Å²) < 4.78 is 10.9. The van der Waals surface area contributed by atoms with E-state index in [1.54, 1.807) is 19.6 Å². The van der Waals surface area contributed by atoms with E-state index in [1.807, 2.05) is 18.2 Å². The largest absolute Gasteiger partial charge is 0.495 e. The third-order valence-corrected chi connectivity index (χ3v) is 4.77. The van der Waals surface area contributed by atoms with E-state index in [0.717, 1.165) is 43.3 Å². The van der Waals surface area contributed by atoms with Crippen LogP contribution >= 0.6 is 0 Å². The standard InChI is InChI=1S/C19H27N3O2/c1-3-16(17-9-8-15(23-2)13-20-17)21-14-18(19-7-6-12-24-19)22-10-4-5-11-22/h6-9,12-13,16,18,21H,3-5,10-11,14H2,1-2H3. The normalized spacial score (nSPS) is 17.8. The summed E-state index contributed by atoms with van der Waals surface area (Å²) in [5, 5.41) is 3.68. The van der Waals surface area contributed by atoms with Crippen molar-refractivity contribution in [1.29, 1.82) is 0 Å². The van der Waals surface area contributed by atoms with Gasteiger partial charge in [-0.05, 0) is 56.6 Å². The van der Waals surface area contributed by atoms with Crippen LogP contribution in [-0.2, 0) is 0 Å². The highest BCUT2D eigenvalue weighted by atomic mass is 16.5. The second-order valence-electron chi connectivity index (χ2n) is 6.27. The van der Waals surface area contributed by atoms with Gasteiger partial charge in [-0.3, -0.25) is 9.88 Å². The van der Waals surface area contributed by atoms with Gasteiger partial charge in [0.05, 0.1) is 31.3 Å². The third kappa shape index (κ3) is 3.97. The van der Waals surface area contributed by atoms with Crippen LogP contribution in [0.3, 0.4) is 0 Å². The third-order valence-electron chi connectivity index (χ3n) is 4.77. The molecule has 2 atom stereocenters. The Labute approximate surface area is 144 Å². The molecule has 5 nitrogen and oxygen atoms in total. The Morgan fingerprint density at radius 3 is 2.71 bits per heavy atom. The number of rotatable bonds is 8. The van der Waals surface area contributed by atoms with Crippen LogP contribution < -0.4 is 10.1 Å². The number of hydrogen-bond donors (Lipinski definition) is 1. The maximum atomic E-state index is 5.70. The van der Waals surface area contributed by atoms with E-state index >= 15 is 0 Å². The molecule has 0 aromatic carbocycles. The van der Waals surface area contributed by atoms with Crippen LogP contribution in [0.15, 0.2) is 41.1 Å². The Morgan fingerprint density at radius 2 is 2.12 bits per heavy atom. The van der Waals surface area contributed by atoms with Gasteiger partial charge in [0.25, 0.3) is 0 Å². The molecule has 0 spiro atoms. The van der Waals surface area contributed by atoms with E-state index in [4.69, 9.17) is 9.15 Å². The molecule has 0 bridgehead atoms. The van der Waals surface area contributed by atoms with E-state index in [1.165, 1.54) is 12.8 Å². The molecular weight excluding hydrogens is 302 g/mol. The van der Waals surface area contributed by atoms with Crippen molar-refractivity contribution >= 4 is 0 Å². The molecule has 1 fully saturated rings. The van der Waals surface area contributed by atoms with E-state index in [0.29, 0.717) is 0 Å². The van der Waals surface area contributed by atoms with Gasteiger partial charge in [0.1, 0.15) is 11.5 Å². The van der Waals surface area contributed by atoms with Crippen molar-refractivity contribution < 1.29 is 9.15 Å². The Bertz CT molecular complexity index is 592. The second kappa shape index (κ2) is 8.31. The lowest BCUT2D eigenvalue weighted by Crippen LogP contribution is -2.35. The molecule has 3 heterocycles.